The van der Waals surface area contributed by atoms with Crippen molar-refractivity contribution in [3.63, 3.8) is 0 Å². The molecule has 1 rings (SSSR count). The molecule has 1 aliphatic heterocycles. The number of likely N-dealkylation sites (tertiary alicyclic amines) is 1. The van der Waals surface area contributed by atoms with Gasteiger partial charge >= 0.3 is 0 Å². The van der Waals surface area contributed by atoms with Crippen LogP contribution in [0.1, 0.15) is 33.6 Å². The lowest BCUT2D eigenvalue weighted by Gasteiger charge is -2.32. The number of hydrogen-bond donors (Lipinski definition) is 2. The van der Waals surface area contributed by atoms with Crippen LogP contribution in [0.5, 0.6) is 0 Å². The molecule has 90 valence electrons. The fraction of sp³-hybridized carbons (Fsp3) is 1.00. The minimum atomic E-state index is -0.269. The summed E-state index contributed by atoms with van der Waals surface area (Å²) in [4.78, 5) is 2.41. The summed E-state index contributed by atoms with van der Waals surface area (Å²) in [7, 11) is 0. The van der Waals surface area contributed by atoms with Gasteiger partial charge in [-0.1, -0.05) is 13.8 Å². The Balaban J connectivity index is 2.35. The topological polar surface area (TPSA) is 43.7 Å². The van der Waals surface area contributed by atoms with Gasteiger partial charge in [-0.2, -0.15) is 0 Å². The fourth-order valence-corrected chi connectivity index (χ4v) is 2.18. The molecule has 2 unspecified atom stereocenters. The van der Waals surface area contributed by atoms with Crippen LogP contribution < -0.4 is 0 Å². The molecule has 1 aliphatic rings. The van der Waals surface area contributed by atoms with Gasteiger partial charge in [-0.15, -0.1) is 0 Å². The molecule has 0 bridgehead atoms. The van der Waals surface area contributed by atoms with E-state index in [0.717, 1.165) is 26.1 Å². The average Bonchev–Trinajstić information content (AvgIpc) is 2.52. The number of aliphatic hydroxyl groups excluding tert-OH is 2. The first kappa shape index (κ1) is 12.9. The Labute approximate surface area is 93.1 Å². The maximum atomic E-state index is 9.64. The summed E-state index contributed by atoms with van der Waals surface area (Å²) in [5.41, 5.74) is -0.0336. The Bertz CT molecular complexity index is 192. The monoisotopic (exact) mass is 215 g/mol. The van der Waals surface area contributed by atoms with Crippen LogP contribution in [0.4, 0.5) is 0 Å². The molecular weight excluding hydrogens is 190 g/mol. The molecule has 3 heteroatoms. The van der Waals surface area contributed by atoms with E-state index in [1.165, 1.54) is 6.42 Å². The van der Waals surface area contributed by atoms with Crippen molar-refractivity contribution < 1.29 is 10.2 Å². The zero-order chi connectivity index (χ0) is 11.5. The zero-order valence-corrected chi connectivity index (χ0v) is 10.2. The van der Waals surface area contributed by atoms with E-state index < -0.39 is 0 Å². The van der Waals surface area contributed by atoms with Crippen molar-refractivity contribution in [2.45, 2.75) is 39.7 Å². The number of hydrogen-bond acceptors (Lipinski definition) is 3. The normalized spacial score (nSPS) is 25.8. The highest BCUT2D eigenvalue weighted by Gasteiger charge is 2.30. The van der Waals surface area contributed by atoms with Crippen molar-refractivity contribution in [2.24, 2.45) is 11.3 Å². The van der Waals surface area contributed by atoms with Gasteiger partial charge in [0, 0.05) is 25.1 Å². The van der Waals surface area contributed by atoms with Gasteiger partial charge < -0.3 is 15.1 Å². The lowest BCUT2D eigenvalue weighted by molar-refractivity contribution is 0.0392. The third-order valence-electron chi connectivity index (χ3n) is 3.67. The minimum absolute atomic E-state index is 0.0336. The number of aliphatic hydroxyl groups is 2. The van der Waals surface area contributed by atoms with Gasteiger partial charge in [-0.05, 0) is 32.2 Å². The molecule has 0 amide bonds. The van der Waals surface area contributed by atoms with Crippen molar-refractivity contribution in [3.8, 4) is 0 Å². The second kappa shape index (κ2) is 5.28. The van der Waals surface area contributed by atoms with Gasteiger partial charge in [0.1, 0.15) is 0 Å². The van der Waals surface area contributed by atoms with Gasteiger partial charge in [-0.3, -0.25) is 0 Å². The largest absolute Gasteiger partial charge is 0.396 e. The predicted octanol–water partition coefficient (Wildman–Crippen LogP) is 1.10. The molecule has 0 aliphatic carbocycles. The smallest absolute Gasteiger partial charge is 0.0575 e. The molecule has 0 spiro atoms. The Hall–Kier alpha value is -0.120. The highest BCUT2D eigenvalue weighted by atomic mass is 16.3. The van der Waals surface area contributed by atoms with Crippen LogP contribution in [0, 0.1) is 11.3 Å². The van der Waals surface area contributed by atoms with E-state index in [0.29, 0.717) is 12.5 Å². The van der Waals surface area contributed by atoms with E-state index in [-0.39, 0.29) is 11.5 Å². The first-order valence-corrected chi connectivity index (χ1v) is 5.97. The molecule has 2 N–H and O–H groups in total. The Kier molecular flexibility index (Phi) is 4.56. The van der Waals surface area contributed by atoms with Gasteiger partial charge in [0.05, 0.1) is 6.10 Å². The first-order chi connectivity index (χ1) is 6.95. The van der Waals surface area contributed by atoms with Gasteiger partial charge in [-0.25, -0.2) is 0 Å². The SMILES string of the molecule is CC(O)C(C)(C)CN1CCC(CCO)C1. The molecule has 0 aromatic heterocycles. The summed E-state index contributed by atoms with van der Waals surface area (Å²) < 4.78 is 0. The van der Waals surface area contributed by atoms with Crippen molar-refractivity contribution in [3.05, 3.63) is 0 Å². The van der Waals surface area contributed by atoms with E-state index in [1.54, 1.807) is 0 Å². The Morgan fingerprint density at radius 1 is 1.47 bits per heavy atom. The van der Waals surface area contributed by atoms with Crippen LogP contribution in [0.15, 0.2) is 0 Å². The van der Waals surface area contributed by atoms with Crippen LogP contribution in [-0.2, 0) is 0 Å². The third kappa shape index (κ3) is 3.74. The second-order valence-corrected chi connectivity index (χ2v) is 5.57. The summed E-state index contributed by atoms with van der Waals surface area (Å²) in [6, 6.07) is 0. The number of rotatable bonds is 5. The highest BCUT2D eigenvalue weighted by molar-refractivity contribution is 4.83. The maximum absolute atomic E-state index is 9.64. The van der Waals surface area contributed by atoms with E-state index >= 15 is 0 Å². The van der Waals surface area contributed by atoms with Crippen LogP contribution >= 0.6 is 0 Å². The molecule has 0 saturated carbocycles. The van der Waals surface area contributed by atoms with Crippen molar-refractivity contribution >= 4 is 0 Å². The molecule has 1 fully saturated rings. The molecule has 2 atom stereocenters. The molecular formula is C12H25NO2. The highest BCUT2D eigenvalue weighted by Crippen LogP contribution is 2.26. The zero-order valence-electron chi connectivity index (χ0n) is 10.2. The summed E-state index contributed by atoms with van der Waals surface area (Å²) in [5, 5.41) is 18.5. The first-order valence-electron chi connectivity index (χ1n) is 5.97. The minimum Gasteiger partial charge on any atom is -0.396 e. The van der Waals surface area contributed by atoms with Gasteiger partial charge in [0.2, 0.25) is 0 Å². The van der Waals surface area contributed by atoms with E-state index in [9.17, 15) is 5.11 Å². The molecule has 0 aromatic rings. The maximum Gasteiger partial charge on any atom is 0.0575 e. The lowest BCUT2D eigenvalue weighted by atomic mass is 9.87. The fourth-order valence-electron chi connectivity index (χ4n) is 2.18. The summed E-state index contributed by atoms with van der Waals surface area (Å²) in [6.07, 6.45) is 1.84. The van der Waals surface area contributed by atoms with Crippen LogP contribution in [0.3, 0.4) is 0 Å². The van der Waals surface area contributed by atoms with Gasteiger partial charge in [0.15, 0.2) is 0 Å². The van der Waals surface area contributed by atoms with Crippen molar-refractivity contribution in [2.75, 3.05) is 26.2 Å². The molecule has 0 aromatic carbocycles. The molecule has 1 saturated heterocycles. The molecule has 1 heterocycles. The Morgan fingerprint density at radius 3 is 2.67 bits per heavy atom. The molecule has 0 radical (unpaired) electrons. The Morgan fingerprint density at radius 2 is 2.13 bits per heavy atom. The van der Waals surface area contributed by atoms with Crippen LogP contribution in [0.25, 0.3) is 0 Å². The average molecular weight is 215 g/mol. The van der Waals surface area contributed by atoms with E-state index in [2.05, 4.69) is 18.7 Å². The van der Waals surface area contributed by atoms with Crippen LogP contribution in [-0.4, -0.2) is 47.5 Å². The standard InChI is InChI=1S/C12H25NO2/c1-10(15)12(2,3)9-13-6-4-11(8-13)5-7-14/h10-11,14-15H,4-9H2,1-3H3. The number of nitrogens with zero attached hydrogens (tertiary/aromatic N) is 1. The quantitative estimate of drug-likeness (QED) is 0.722. The summed E-state index contributed by atoms with van der Waals surface area (Å²) >= 11 is 0. The summed E-state index contributed by atoms with van der Waals surface area (Å²) in [6.45, 7) is 9.53. The van der Waals surface area contributed by atoms with E-state index in [4.69, 9.17) is 5.11 Å². The van der Waals surface area contributed by atoms with Gasteiger partial charge in [0.25, 0.3) is 0 Å². The second-order valence-electron chi connectivity index (χ2n) is 5.57. The van der Waals surface area contributed by atoms with Crippen molar-refractivity contribution in [1.82, 2.24) is 4.90 Å². The molecule has 15 heavy (non-hydrogen) atoms. The predicted molar refractivity (Wildman–Crippen MR) is 61.7 cm³/mol. The lowest BCUT2D eigenvalue weighted by Crippen LogP contribution is -2.39. The van der Waals surface area contributed by atoms with Crippen LogP contribution in [0.2, 0.25) is 0 Å². The van der Waals surface area contributed by atoms with Crippen molar-refractivity contribution in [1.29, 1.82) is 0 Å². The molecule has 3 nitrogen and oxygen atoms in total. The third-order valence-corrected chi connectivity index (χ3v) is 3.67. The van der Waals surface area contributed by atoms with E-state index in [1.807, 2.05) is 6.92 Å². The summed E-state index contributed by atoms with van der Waals surface area (Å²) in [5.74, 6) is 0.653.